The molecule has 5 heteroatoms. The highest BCUT2D eigenvalue weighted by Crippen LogP contribution is 2.24. The van der Waals surface area contributed by atoms with Gasteiger partial charge in [-0.15, -0.1) is 0 Å². The lowest BCUT2D eigenvalue weighted by Crippen LogP contribution is -2.21. The molecule has 1 fully saturated rings. The highest BCUT2D eigenvalue weighted by Gasteiger charge is 2.23. The van der Waals surface area contributed by atoms with E-state index < -0.39 is 11.8 Å². The fourth-order valence-corrected chi connectivity index (χ4v) is 2.65. The minimum Gasteiger partial charge on any atom is -0.481 e. The van der Waals surface area contributed by atoms with Gasteiger partial charge in [0.05, 0.1) is 5.56 Å². The van der Waals surface area contributed by atoms with Gasteiger partial charge in [-0.1, -0.05) is 12.1 Å². The van der Waals surface area contributed by atoms with Crippen molar-refractivity contribution in [1.29, 1.82) is 5.26 Å². The lowest BCUT2D eigenvalue weighted by Gasteiger charge is -2.16. The molecule has 0 aliphatic carbocycles. The van der Waals surface area contributed by atoms with Gasteiger partial charge in [-0.3, -0.25) is 9.69 Å². The molecule has 0 bridgehead atoms. The molecule has 1 aromatic carbocycles. The number of halogens is 1. The Kier molecular flexibility index (Phi) is 4.70. The zero-order valence-corrected chi connectivity index (χ0v) is 11.2. The van der Waals surface area contributed by atoms with Crippen LogP contribution in [0.3, 0.4) is 0 Å². The summed E-state index contributed by atoms with van der Waals surface area (Å²) < 4.78 is 14.0. The van der Waals surface area contributed by atoms with Crippen LogP contribution in [0.5, 0.6) is 0 Å². The molecule has 4 nitrogen and oxygen atoms in total. The molecule has 1 aromatic rings. The second-order valence-corrected chi connectivity index (χ2v) is 5.21. The van der Waals surface area contributed by atoms with Gasteiger partial charge in [0, 0.05) is 25.1 Å². The average molecular weight is 276 g/mol. The van der Waals surface area contributed by atoms with Gasteiger partial charge in [0.2, 0.25) is 0 Å². The van der Waals surface area contributed by atoms with Crippen LogP contribution in [-0.2, 0) is 11.3 Å². The Morgan fingerprint density at radius 2 is 2.35 bits per heavy atom. The van der Waals surface area contributed by atoms with Crippen molar-refractivity contribution >= 4 is 5.97 Å². The van der Waals surface area contributed by atoms with Gasteiger partial charge in [-0.25, -0.2) is 4.39 Å². The third-order valence-corrected chi connectivity index (χ3v) is 3.73. The number of carbonyl (C=O) groups is 1. The normalized spacial score (nSPS) is 18.9. The Morgan fingerprint density at radius 3 is 3.05 bits per heavy atom. The molecule has 0 saturated carbocycles. The predicted octanol–water partition coefficient (Wildman–Crippen LogP) is 2.38. The Morgan fingerprint density at radius 1 is 1.55 bits per heavy atom. The average Bonchev–Trinajstić information content (AvgIpc) is 2.86. The second kappa shape index (κ2) is 6.49. The summed E-state index contributed by atoms with van der Waals surface area (Å²) in [6, 6.07) is 6.70. The molecule has 1 unspecified atom stereocenters. The quantitative estimate of drug-likeness (QED) is 0.896. The summed E-state index contributed by atoms with van der Waals surface area (Å²) in [5, 5.41) is 17.5. The number of aliphatic carboxylic acids is 1. The van der Waals surface area contributed by atoms with Crippen molar-refractivity contribution in [2.24, 2.45) is 5.92 Å². The molecule has 20 heavy (non-hydrogen) atoms. The minimum absolute atomic E-state index is 0.0733. The summed E-state index contributed by atoms with van der Waals surface area (Å²) in [6.07, 6.45) is 1.82. The SMILES string of the molecule is N#Cc1cccc(CN2CCC(CCC(=O)O)C2)c1F. The van der Waals surface area contributed by atoms with E-state index in [-0.39, 0.29) is 12.0 Å². The lowest BCUT2D eigenvalue weighted by atomic mass is 10.0. The van der Waals surface area contributed by atoms with E-state index >= 15 is 0 Å². The second-order valence-electron chi connectivity index (χ2n) is 5.21. The predicted molar refractivity (Wildman–Crippen MR) is 71.4 cm³/mol. The van der Waals surface area contributed by atoms with Gasteiger partial charge in [0.25, 0.3) is 0 Å². The molecule has 1 heterocycles. The minimum atomic E-state index is -0.767. The number of carboxylic acids is 1. The summed E-state index contributed by atoms with van der Waals surface area (Å²) in [6.45, 7) is 2.12. The van der Waals surface area contributed by atoms with Crippen LogP contribution in [-0.4, -0.2) is 29.1 Å². The zero-order chi connectivity index (χ0) is 14.5. The highest BCUT2D eigenvalue weighted by atomic mass is 19.1. The number of hydrogen-bond donors (Lipinski definition) is 1. The van der Waals surface area contributed by atoms with Crippen LogP contribution in [0.25, 0.3) is 0 Å². The largest absolute Gasteiger partial charge is 0.481 e. The number of rotatable bonds is 5. The van der Waals surface area contributed by atoms with Crippen molar-refractivity contribution in [3.05, 3.63) is 35.1 Å². The molecular formula is C15H17FN2O2. The maximum atomic E-state index is 14.0. The van der Waals surface area contributed by atoms with E-state index in [2.05, 4.69) is 4.90 Å². The Hall–Kier alpha value is -1.93. The summed E-state index contributed by atoms with van der Waals surface area (Å²) >= 11 is 0. The van der Waals surface area contributed by atoms with Gasteiger partial charge in [-0.2, -0.15) is 5.26 Å². The first-order chi connectivity index (χ1) is 9.60. The summed E-state index contributed by atoms with van der Waals surface area (Å²) in [5.74, 6) is -0.839. The van der Waals surface area contributed by atoms with Gasteiger partial charge < -0.3 is 5.11 Å². The zero-order valence-electron chi connectivity index (χ0n) is 11.2. The lowest BCUT2D eigenvalue weighted by molar-refractivity contribution is -0.137. The van der Waals surface area contributed by atoms with Crippen LogP contribution in [0, 0.1) is 23.1 Å². The van der Waals surface area contributed by atoms with Crippen LogP contribution < -0.4 is 0 Å². The van der Waals surface area contributed by atoms with Crippen molar-refractivity contribution in [1.82, 2.24) is 4.90 Å². The summed E-state index contributed by atoms with van der Waals surface area (Å²) in [7, 11) is 0. The number of hydrogen-bond acceptors (Lipinski definition) is 3. The smallest absolute Gasteiger partial charge is 0.303 e. The maximum absolute atomic E-state index is 14.0. The molecule has 1 N–H and O–H groups in total. The maximum Gasteiger partial charge on any atom is 0.303 e. The third kappa shape index (κ3) is 3.55. The number of benzene rings is 1. The Balaban J connectivity index is 1.92. The van der Waals surface area contributed by atoms with E-state index in [4.69, 9.17) is 10.4 Å². The van der Waals surface area contributed by atoms with E-state index in [0.717, 1.165) is 19.5 Å². The van der Waals surface area contributed by atoms with E-state index in [9.17, 15) is 9.18 Å². The van der Waals surface area contributed by atoms with Crippen LogP contribution >= 0.6 is 0 Å². The van der Waals surface area contributed by atoms with Gasteiger partial charge in [0.1, 0.15) is 11.9 Å². The topological polar surface area (TPSA) is 64.3 Å². The van der Waals surface area contributed by atoms with Crippen molar-refractivity contribution in [2.45, 2.75) is 25.8 Å². The molecular weight excluding hydrogens is 259 g/mol. The number of nitrogens with zero attached hydrogens (tertiary/aromatic N) is 2. The molecule has 106 valence electrons. The van der Waals surface area contributed by atoms with Crippen molar-refractivity contribution in [3.63, 3.8) is 0 Å². The molecule has 2 rings (SSSR count). The van der Waals surface area contributed by atoms with Gasteiger partial charge in [-0.05, 0) is 31.4 Å². The molecule has 0 radical (unpaired) electrons. The molecule has 0 spiro atoms. The van der Waals surface area contributed by atoms with E-state index in [1.165, 1.54) is 6.07 Å². The standard InChI is InChI=1S/C15H17FN2O2/c16-15-12(8-17)2-1-3-13(15)10-18-7-6-11(9-18)4-5-14(19)20/h1-3,11H,4-7,9-10H2,(H,19,20). The highest BCUT2D eigenvalue weighted by molar-refractivity contribution is 5.66. The molecule has 1 atom stereocenters. The van der Waals surface area contributed by atoms with E-state index in [0.29, 0.717) is 24.4 Å². The monoisotopic (exact) mass is 276 g/mol. The molecule has 0 aromatic heterocycles. The van der Waals surface area contributed by atoms with E-state index in [1.54, 1.807) is 12.1 Å². The molecule has 1 aliphatic rings. The Bertz CT molecular complexity index is 539. The van der Waals surface area contributed by atoms with Crippen LogP contribution in [0.1, 0.15) is 30.4 Å². The summed E-state index contributed by atoms with van der Waals surface area (Å²) in [5.41, 5.74) is 0.604. The van der Waals surface area contributed by atoms with E-state index in [1.807, 2.05) is 6.07 Å². The Labute approximate surface area is 117 Å². The first kappa shape index (κ1) is 14.5. The first-order valence-corrected chi connectivity index (χ1v) is 6.71. The van der Waals surface area contributed by atoms with Crippen molar-refractivity contribution < 1.29 is 14.3 Å². The number of carboxylic acid groups (broad SMARTS) is 1. The fraction of sp³-hybridized carbons (Fsp3) is 0.467. The number of nitriles is 1. The van der Waals surface area contributed by atoms with Crippen LogP contribution in [0.4, 0.5) is 4.39 Å². The van der Waals surface area contributed by atoms with Crippen molar-refractivity contribution in [3.8, 4) is 6.07 Å². The molecule has 0 amide bonds. The summed E-state index contributed by atoms with van der Waals surface area (Å²) in [4.78, 5) is 12.7. The van der Waals surface area contributed by atoms with Crippen LogP contribution in [0.15, 0.2) is 18.2 Å². The van der Waals surface area contributed by atoms with Gasteiger partial charge in [0.15, 0.2) is 0 Å². The molecule has 1 aliphatic heterocycles. The molecule has 1 saturated heterocycles. The first-order valence-electron chi connectivity index (χ1n) is 6.71. The van der Waals surface area contributed by atoms with Gasteiger partial charge >= 0.3 is 5.97 Å². The number of likely N-dealkylation sites (tertiary alicyclic amines) is 1. The fourth-order valence-electron chi connectivity index (χ4n) is 2.65. The van der Waals surface area contributed by atoms with Crippen LogP contribution in [0.2, 0.25) is 0 Å². The van der Waals surface area contributed by atoms with Crippen molar-refractivity contribution in [2.75, 3.05) is 13.1 Å². The third-order valence-electron chi connectivity index (χ3n) is 3.73.